The second-order valence-electron chi connectivity index (χ2n) is 6.52. The SMILES string of the molecule is C/C(=N\OC(=O)Nc1ccc(Cl)c(Cl)c1)C(C)(C)NC(=O)Nc1ccc(Cl)cc1. The molecule has 0 unspecified atom stereocenters. The predicted molar refractivity (Wildman–Crippen MR) is 117 cm³/mol. The van der Waals surface area contributed by atoms with Gasteiger partial charge in [0.05, 0.1) is 21.3 Å². The summed E-state index contributed by atoms with van der Waals surface area (Å²) in [6, 6.07) is 10.8. The number of nitrogens with one attached hydrogen (secondary N) is 3. The van der Waals surface area contributed by atoms with E-state index in [0.29, 0.717) is 32.2 Å². The van der Waals surface area contributed by atoms with Crippen molar-refractivity contribution in [3.63, 3.8) is 0 Å². The van der Waals surface area contributed by atoms with Crippen LogP contribution in [0.15, 0.2) is 47.6 Å². The lowest BCUT2D eigenvalue weighted by molar-refractivity contribution is 0.165. The molecular weight excluding hydrogens is 439 g/mol. The summed E-state index contributed by atoms with van der Waals surface area (Å²) in [4.78, 5) is 29.0. The van der Waals surface area contributed by atoms with Gasteiger partial charge in [0, 0.05) is 16.4 Å². The van der Waals surface area contributed by atoms with Crippen molar-refractivity contribution in [3.8, 4) is 0 Å². The Labute approximate surface area is 183 Å². The number of amides is 3. The number of oxime groups is 1. The van der Waals surface area contributed by atoms with Crippen LogP contribution in [-0.2, 0) is 4.84 Å². The number of urea groups is 1. The summed E-state index contributed by atoms with van der Waals surface area (Å²) >= 11 is 17.5. The molecule has 3 amide bonds. The summed E-state index contributed by atoms with van der Waals surface area (Å²) in [5.74, 6) is 0. The van der Waals surface area contributed by atoms with Gasteiger partial charge in [-0.2, -0.15) is 0 Å². The van der Waals surface area contributed by atoms with Gasteiger partial charge in [-0.3, -0.25) is 10.2 Å². The summed E-state index contributed by atoms with van der Waals surface area (Å²) in [6.45, 7) is 5.05. The highest BCUT2D eigenvalue weighted by molar-refractivity contribution is 6.42. The van der Waals surface area contributed by atoms with Gasteiger partial charge in [-0.25, -0.2) is 9.59 Å². The maximum Gasteiger partial charge on any atom is 0.437 e. The first-order valence-electron chi connectivity index (χ1n) is 8.39. The third-order valence-corrected chi connectivity index (χ3v) is 4.86. The van der Waals surface area contributed by atoms with Gasteiger partial charge in [0.15, 0.2) is 0 Å². The summed E-state index contributed by atoms with van der Waals surface area (Å²) in [6.07, 6.45) is -0.816. The van der Waals surface area contributed by atoms with Gasteiger partial charge in [-0.15, -0.1) is 0 Å². The van der Waals surface area contributed by atoms with Crippen LogP contribution in [0, 0.1) is 0 Å². The van der Waals surface area contributed by atoms with Crippen molar-refractivity contribution < 1.29 is 14.4 Å². The molecule has 0 heterocycles. The van der Waals surface area contributed by atoms with E-state index in [1.807, 2.05) is 0 Å². The van der Waals surface area contributed by atoms with Crippen molar-refractivity contribution in [1.29, 1.82) is 0 Å². The molecule has 0 aliphatic carbocycles. The van der Waals surface area contributed by atoms with Gasteiger partial charge in [0.2, 0.25) is 0 Å². The third kappa shape index (κ3) is 7.12. The zero-order valence-electron chi connectivity index (χ0n) is 15.8. The number of nitrogens with zero attached hydrogens (tertiary/aromatic N) is 1. The van der Waals surface area contributed by atoms with Crippen LogP contribution in [0.4, 0.5) is 21.0 Å². The maximum atomic E-state index is 12.2. The first-order valence-corrected chi connectivity index (χ1v) is 9.53. The maximum absolute atomic E-state index is 12.2. The number of rotatable bonds is 5. The Balaban J connectivity index is 1.91. The number of hydrogen-bond acceptors (Lipinski definition) is 4. The monoisotopic (exact) mass is 456 g/mol. The minimum atomic E-state index is -0.889. The number of hydrogen-bond donors (Lipinski definition) is 3. The summed E-state index contributed by atoms with van der Waals surface area (Å²) in [5.41, 5.74) is 0.458. The topological polar surface area (TPSA) is 91.8 Å². The standard InChI is InChI=1S/C19H19Cl3N4O3/c1-11(26-29-18(28)24-14-8-9-15(21)16(22)10-14)19(2,3)25-17(27)23-13-6-4-12(20)5-7-13/h4-10H,1-3H3,(H,24,28)(H2,23,25,27)/b26-11+. The normalized spacial score (nSPS) is 11.6. The Hall–Kier alpha value is -2.48. The van der Waals surface area contributed by atoms with Crippen molar-refractivity contribution in [3.05, 3.63) is 57.5 Å². The largest absolute Gasteiger partial charge is 0.437 e. The fourth-order valence-corrected chi connectivity index (χ4v) is 2.43. The lowest BCUT2D eigenvalue weighted by atomic mass is 10.0. The Morgan fingerprint density at radius 3 is 2.17 bits per heavy atom. The molecule has 2 aromatic carbocycles. The highest BCUT2D eigenvalue weighted by Gasteiger charge is 2.25. The van der Waals surface area contributed by atoms with Crippen molar-refractivity contribution in [2.45, 2.75) is 26.3 Å². The van der Waals surface area contributed by atoms with E-state index >= 15 is 0 Å². The molecule has 10 heteroatoms. The number of anilines is 2. The van der Waals surface area contributed by atoms with E-state index in [0.717, 1.165) is 0 Å². The van der Waals surface area contributed by atoms with Crippen LogP contribution < -0.4 is 16.0 Å². The zero-order chi connectivity index (χ0) is 21.6. The lowest BCUT2D eigenvalue weighted by Gasteiger charge is -2.25. The Kier molecular flexibility index (Phi) is 7.73. The van der Waals surface area contributed by atoms with Gasteiger partial charge in [-0.05, 0) is 63.2 Å². The first kappa shape index (κ1) is 22.8. The average molecular weight is 458 g/mol. The van der Waals surface area contributed by atoms with Gasteiger partial charge in [-0.1, -0.05) is 40.0 Å². The molecule has 0 spiro atoms. The number of carbonyl (C=O) groups excluding carboxylic acids is 2. The van der Waals surface area contributed by atoms with Crippen molar-refractivity contribution >= 4 is 64.0 Å². The van der Waals surface area contributed by atoms with Crippen LogP contribution in [0.5, 0.6) is 0 Å². The summed E-state index contributed by atoms with van der Waals surface area (Å²) < 4.78 is 0. The van der Waals surface area contributed by atoms with Crippen LogP contribution in [0.3, 0.4) is 0 Å². The van der Waals surface area contributed by atoms with Gasteiger partial charge < -0.3 is 10.6 Å². The molecule has 0 atom stereocenters. The summed E-state index contributed by atoms with van der Waals surface area (Å²) in [7, 11) is 0. The molecule has 0 fully saturated rings. The molecule has 2 rings (SSSR count). The van der Waals surface area contributed by atoms with Crippen LogP contribution in [0.1, 0.15) is 20.8 Å². The molecule has 0 radical (unpaired) electrons. The molecule has 154 valence electrons. The van der Waals surface area contributed by atoms with Gasteiger partial charge >= 0.3 is 12.1 Å². The molecule has 0 aromatic heterocycles. The molecule has 0 aliphatic rings. The third-order valence-electron chi connectivity index (χ3n) is 3.86. The zero-order valence-corrected chi connectivity index (χ0v) is 18.1. The first-order chi connectivity index (χ1) is 13.6. The van der Waals surface area contributed by atoms with E-state index in [9.17, 15) is 9.59 Å². The molecular formula is C19H19Cl3N4O3. The minimum Gasteiger partial charge on any atom is -0.328 e. The van der Waals surface area contributed by atoms with Crippen LogP contribution in [0.25, 0.3) is 0 Å². The van der Waals surface area contributed by atoms with E-state index < -0.39 is 17.7 Å². The lowest BCUT2D eigenvalue weighted by Crippen LogP contribution is -2.50. The fourth-order valence-electron chi connectivity index (χ4n) is 2.01. The van der Waals surface area contributed by atoms with E-state index in [4.69, 9.17) is 39.6 Å². The van der Waals surface area contributed by atoms with E-state index in [2.05, 4.69) is 21.1 Å². The Morgan fingerprint density at radius 2 is 1.55 bits per heavy atom. The number of halogens is 3. The van der Waals surface area contributed by atoms with Crippen LogP contribution in [-0.4, -0.2) is 23.4 Å². The molecule has 7 nitrogen and oxygen atoms in total. The van der Waals surface area contributed by atoms with Crippen molar-refractivity contribution in [1.82, 2.24) is 5.32 Å². The van der Waals surface area contributed by atoms with E-state index in [1.165, 1.54) is 6.07 Å². The highest BCUT2D eigenvalue weighted by Crippen LogP contribution is 2.25. The molecule has 0 saturated heterocycles. The molecule has 29 heavy (non-hydrogen) atoms. The highest BCUT2D eigenvalue weighted by atomic mass is 35.5. The van der Waals surface area contributed by atoms with Crippen LogP contribution >= 0.6 is 34.8 Å². The summed E-state index contributed by atoms with van der Waals surface area (Å²) in [5, 5.41) is 12.9. The van der Waals surface area contributed by atoms with Gasteiger partial charge in [0.25, 0.3) is 0 Å². The second-order valence-corrected chi connectivity index (χ2v) is 7.77. The fraction of sp³-hybridized carbons (Fsp3) is 0.211. The van der Waals surface area contributed by atoms with Crippen molar-refractivity contribution in [2.24, 2.45) is 5.16 Å². The van der Waals surface area contributed by atoms with E-state index in [-0.39, 0.29) is 0 Å². The minimum absolute atomic E-state index is 0.293. The quantitative estimate of drug-likeness (QED) is 0.285. The predicted octanol–water partition coefficient (Wildman–Crippen LogP) is 6.17. The smallest absolute Gasteiger partial charge is 0.328 e. The van der Waals surface area contributed by atoms with Crippen LogP contribution in [0.2, 0.25) is 15.1 Å². The molecule has 0 saturated carbocycles. The number of benzene rings is 2. The molecule has 0 bridgehead atoms. The van der Waals surface area contributed by atoms with Gasteiger partial charge in [0.1, 0.15) is 0 Å². The second kappa shape index (κ2) is 9.82. The molecule has 2 aromatic rings. The molecule has 3 N–H and O–H groups in total. The average Bonchev–Trinajstić information content (AvgIpc) is 2.64. The van der Waals surface area contributed by atoms with E-state index in [1.54, 1.807) is 57.2 Å². The molecule has 0 aliphatic heterocycles. The Morgan fingerprint density at radius 1 is 0.931 bits per heavy atom. The Bertz CT molecular complexity index is 931. The van der Waals surface area contributed by atoms with Crippen molar-refractivity contribution in [2.75, 3.05) is 10.6 Å². The number of carbonyl (C=O) groups is 2.